The second kappa shape index (κ2) is 7.66. The van der Waals surface area contributed by atoms with E-state index in [1.54, 1.807) is 18.2 Å². The molecular weight excluding hydrogens is 291 g/mol. The highest BCUT2D eigenvalue weighted by atomic mass is 35.5. The Morgan fingerprint density at radius 3 is 2.79 bits per heavy atom. The smallest absolute Gasteiger partial charge is 0.321 e. The molecule has 0 fully saturated rings. The van der Waals surface area contributed by atoms with E-state index in [0.717, 1.165) is 0 Å². The van der Waals surface area contributed by atoms with E-state index in [4.69, 9.17) is 27.9 Å². The standard InChI is InChI=1S/C12H12Cl2N2O3/c1-2-6-15-12(18)16-10(17)7-19-9-5-3-4-8(13)11(9)14/h2-5H,1,6-7H2,(H2,15,16,17,18). The summed E-state index contributed by atoms with van der Waals surface area (Å²) in [5.74, 6) is -0.326. The van der Waals surface area contributed by atoms with Crippen molar-refractivity contribution in [1.29, 1.82) is 0 Å². The zero-order valence-corrected chi connectivity index (χ0v) is 11.4. The van der Waals surface area contributed by atoms with E-state index in [2.05, 4.69) is 17.2 Å². The summed E-state index contributed by atoms with van der Waals surface area (Å²) in [5.41, 5.74) is 0. The molecule has 2 N–H and O–H groups in total. The van der Waals surface area contributed by atoms with Gasteiger partial charge in [0.05, 0.1) is 5.02 Å². The van der Waals surface area contributed by atoms with Gasteiger partial charge in [-0.05, 0) is 12.1 Å². The van der Waals surface area contributed by atoms with Gasteiger partial charge in [0.2, 0.25) is 0 Å². The molecule has 1 aromatic rings. The number of rotatable bonds is 5. The number of benzene rings is 1. The molecule has 0 spiro atoms. The molecule has 0 heterocycles. The summed E-state index contributed by atoms with van der Waals surface area (Å²) < 4.78 is 5.16. The summed E-state index contributed by atoms with van der Waals surface area (Å²) in [4.78, 5) is 22.5. The maximum Gasteiger partial charge on any atom is 0.321 e. The lowest BCUT2D eigenvalue weighted by Gasteiger charge is -2.09. The van der Waals surface area contributed by atoms with Gasteiger partial charge in [-0.25, -0.2) is 4.79 Å². The maximum absolute atomic E-state index is 11.4. The third kappa shape index (κ3) is 5.19. The number of imide groups is 1. The van der Waals surface area contributed by atoms with Gasteiger partial charge in [-0.2, -0.15) is 0 Å². The zero-order valence-electron chi connectivity index (χ0n) is 9.91. The quantitative estimate of drug-likeness (QED) is 0.821. The Balaban J connectivity index is 2.44. The van der Waals surface area contributed by atoms with Crippen LogP contribution in [0.3, 0.4) is 0 Å². The minimum atomic E-state index is -0.620. The van der Waals surface area contributed by atoms with Crippen molar-refractivity contribution in [2.45, 2.75) is 0 Å². The molecule has 102 valence electrons. The topological polar surface area (TPSA) is 67.4 Å². The molecule has 0 bridgehead atoms. The first kappa shape index (κ1) is 15.3. The number of hydrogen-bond acceptors (Lipinski definition) is 3. The van der Waals surface area contributed by atoms with Crippen molar-refractivity contribution in [3.05, 3.63) is 40.9 Å². The van der Waals surface area contributed by atoms with Crippen molar-refractivity contribution >= 4 is 35.1 Å². The summed E-state index contributed by atoms with van der Waals surface area (Å²) in [6.07, 6.45) is 1.49. The molecule has 5 nitrogen and oxygen atoms in total. The number of carbonyl (C=O) groups is 2. The average Bonchev–Trinajstić information content (AvgIpc) is 2.38. The van der Waals surface area contributed by atoms with Crippen molar-refractivity contribution in [2.75, 3.05) is 13.2 Å². The van der Waals surface area contributed by atoms with Gasteiger partial charge >= 0.3 is 6.03 Å². The fourth-order valence-corrected chi connectivity index (χ4v) is 1.46. The van der Waals surface area contributed by atoms with Crippen LogP contribution in [0.15, 0.2) is 30.9 Å². The molecule has 0 saturated heterocycles. The Kier molecular flexibility index (Phi) is 6.18. The van der Waals surface area contributed by atoms with E-state index >= 15 is 0 Å². The molecule has 1 rings (SSSR count). The van der Waals surface area contributed by atoms with Crippen LogP contribution >= 0.6 is 23.2 Å². The van der Waals surface area contributed by atoms with Crippen LogP contribution in [0.1, 0.15) is 0 Å². The van der Waals surface area contributed by atoms with Gasteiger partial charge in [0.25, 0.3) is 5.91 Å². The fraction of sp³-hybridized carbons (Fsp3) is 0.167. The number of urea groups is 1. The summed E-state index contributed by atoms with van der Waals surface area (Å²) in [5, 5.41) is 5.01. The Labute approximate surface area is 120 Å². The van der Waals surface area contributed by atoms with Gasteiger partial charge in [0, 0.05) is 6.54 Å². The predicted octanol–water partition coefficient (Wildman–Crippen LogP) is 2.38. The van der Waals surface area contributed by atoms with E-state index in [1.807, 2.05) is 0 Å². The first-order valence-corrected chi connectivity index (χ1v) is 6.05. The van der Waals surface area contributed by atoms with Crippen molar-refractivity contribution in [1.82, 2.24) is 10.6 Å². The molecule has 0 radical (unpaired) electrons. The van der Waals surface area contributed by atoms with E-state index in [1.165, 1.54) is 6.08 Å². The van der Waals surface area contributed by atoms with Crippen LogP contribution in [0.25, 0.3) is 0 Å². The number of halogens is 2. The lowest BCUT2D eigenvalue weighted by atomic mass is 10.3. The summed E-state index contributed by atoms with van der Waals surface area (Å²) in [6.45, 7) is 3.34. The first-order chi connectivity index (χ1) is 9.04. The Bertz CT molecular complexity index is 492. The van der Waals surface area contributed by atoms with Gasteiger partial charge in [-0.1, -0.05) is 35.3 Å². The van der Waals surface area contributed by atoms with Gasteiger partial charge in [0.1, 0.15) is 10.8 Å². The first-order valence-electron chi connectivity index (χ1n) is 5.30. The van der Waals surface area contributed by atoms with Crippen molar-refractivity contribution in [2.24, 2.45) is 0 Å². The molecule has 1 aromatic carbocycles. The third-order valence-electron chi connectivity index (χ3n) is 1.93. The van der Waals surface area contributed by atoms with Crippen LogP contribution in [0.4, 0.5) is 4.79 Å². The van der Waals surface area contributed by atoms with Crippen LogP contribution in [0.2, 0.25) is 10.0 Å². The van der Waals surface area contributed by atoms with Crippen molar-refractivity contribution < 1.29 is 14.3 Å². The lowest BCUT2D eigenvalue weighted by molar-refractivity contribution is -0.122. The molecule has 0 aliphatic rings. The van der Waals surface area contributed by atoms with E-state index in [0.29, 0.717) is 5.02 Å². The molecule has 3 amide bonds. The third-order valence-corrected chi connectivity index (χ3v) is 2.74. The SMILES string of the molecule is C=CCNC(=O)NC(=O)COc1cccc(Cl)c1Cl. The van der Waals surface area contributed by atoms with E-state index < -0.39 is 11.9 Å². The molecule has 0 unspecified atom stereocenters. The summed E-state index contributed by atoms with van der Waals surface area (Å²) >= 11 is 11.7. The lowest BCUT2D eigenvalue weighted by Crippen LogP contribution is -2.41. The van der Waals surface area contributed by atoms with Gasteiger partial charge in [0.15, 0.2) is 6.61 Å². The van der Waals surface area contributed by atoms with Crippen LogP contribution in [-0.2, 0) is 4.79 Å². The second-order valence-corrected chi connectivity index (χ2v) is 4.17. The van der Waals surface area contributed by atoms with Crippen LogP contribution in [0.5, 0.6) is 5.75 Å². The highest BCUT2D eigenvalue weighted by Crippen LogP contribution is 2.31. The predicted molar refractivity (Wildman–Crippen MR) is 73.7 cm³/mol. The number of nitrogens with one attached hydrogen (secondary N) is 2. The van der Waals surface area contributed by atoms with Crippen LogP contribution in [0, 0.1) is 0 Å². The van der Waals surface area contributed by atoms with Gasteiger partial charge in [-0.3, -0.25) is 10.1 Å². The average molecular weight is 303 g/mol. The highest BCUT2D eigenvalue weighted by Gasteiger charge is 2.10. The minimum absolute atomic E-state index is 0.216. The van der Waals surface area contributed by atoms with Crippen LogP contribution < -0.4 is 15.4 Å². The van der Waals surface area contributed by atoms with E-state index in [9.17, 15) is 9.59 Å². The summed E-state index contributed by atoms with van der Waals surface area (Å²) in [7, 11) is 0. The Hall–Kier alpha value is -1.72. The molecule has 0 saturated carbocycles. The number of hydrogen-bond donors (Lipinski definition) is 2. The molecule has 19 heavy (non-hydrogen) atoms. The fourth-order valence-electron chi connectivity index (χ4n) is 1.11. The highest BCUT2D eigenvalue weighted by molar-refractivity contribution is 6.42. The molecule has 0 aromatic heterocycles. The van der Waals surface area contributed by atoms with Gasteiger partial charge < -0.3 is 10.1 Å². The second-order valence-electron chi connectivity index (χ2n) is 3.39. The number of ether oxygens (including phenoxy) is 1. The van der Waals surface area contributed by atoms with Crippen LogP contribution in [-0.4, -0.2) is 25.1 Å². The monoisotopic (exact) mass is 302 g/mol. The normalized spacial score (nSPS) is 9.58. The molecule has 0 aliphatic carbocycles. The minimum Gasteiger partial charge on any atom is -0.482 e. The molecular formula is C12H12Cl2N2O3. The molecule has 0 aliphatic heterocycles. The van der Waals surface area contributed by atoms with Crippen molar-refractivity contribution in [3.8, 4) is 5.75 Å². The molecule has 0 atom stereocenters. The number of amides is 3. The van der Waals surface area contributed by atoms with Crippen molar-refractivity contribution in [3.63, 3.8) is 0 Å². The maximum atomic E-state index is 11.4. The Morgan fingerprint density at radius 1 is 1.37 bits per heavy atom. The van der Waals surface area contributed by atoms with E-state index in [-0.39, 0.29) is 23.9 Å². The Morgan fingerprint density at radius 2 is 2.11 bits per heavy atom. The largest absolute Gasteiger partial charge is 0.482 e. The van der Waals surface area contributed by atoms with Gasteiger partial charge in [-0.15, -0.1) is 6.58 Å². The summed E-state index contributed by atoms with van der Waals surface area (Å²) in [6, 6.07) is 4.18. The number of carbonyl (C=O) groups excluding carboxylic acids is 2. The molecule has 7 heteroatoms. The zero-order chi connectivity index (χ0) is 14.3.